The van der Waals surface area contributed by atoms with Crippen LogP contribution in [0.1, 0.15) is 50.8 Å². The van der Waals surface area contributed by atoms with E-state index >= 15 is 0 Å². The average Bonchev–Trinajstić information content (AvgIpc) is 2.61. The molecule has 1 aliphatic rings. The number of aliphatic hydroxyl groups is 1. The molecule has 5 heteroatoms. The first-order chi connectivity index (χ1) is 11.9. The van der Waals surface area contributed by atoms with Crippen LogP contribution in [-0.4, -0.2) is 33.5 Å². The first-order valence-electron chi connectivity index (χ1n) is 7.97. The Labute approximate surface area is 144 Å². The zero-order chi connectivity index (χ0) is 18.1. The van der Waals surface area contributed by atoms with Crippen LogP contribution < -0.4 is 0 Å². The number of ketones is 2. The number of allylic oxidation sites excluding steroid dienone is 1. The highest BCUT2D eigenvalue weighted by molar-refractivity contribution is 6.28. The van der Waals surface area contributed by atoms with Crippen molar-refractivity contribution < 1.29 is 24.9 Å². The fourth-order valence-corrected chi connectivity index (χ4v) is 2.93. The van der Waals surface area contributed by atoms with Gasteiger partial charge in [0.15, 0.2) is 23.1 Å². The van der Waals surface area contributed by atoms with E-state index in [0.717, 1.165) is 29.7 Å². The van der Waals surface area contributed by atoms with Crippen LogP contribution in [0.5, 0.6) is 11.5 Å². The summed E-state index contributed by atoms with van der Waals surface area (Å²) in [6.45, 7) is 1.86. The van der Waals surface area contributed by atoms with Crippen LogP contribution in [-0.2, 0) is 6.42 Å². The first-order valence-corrected chi connectivity index (χ1v) is 7.97. The number of aliphatic hydroxyl groups excluding tert-OH is 1. The Kier molecular flexibility index (Phi) is 4.42. The number of rotatable bonds is 4. The third-order valence-corrected chi connectivity index (χ3v) is 4.35. The molecule has 0 bridgehead atoms. The Bertz CT molecular complexity index is 909. The molecule has 0 saturated heterocycles. The standard InChI is InChI=1S/C20H18O5/c1-11(10-21)3-2-4-12-5-6-13-14(7-12)20(25)16-9-18(23)17(22)8-15(16)19(13)24/h3,5-9,21-23H,2,4,10H2,1H3/b11-3+. The molecule has 2 aromatic rings. The summed E-state index contributed by atoms with van der Waals surface area (Å²) in [5.41, 5.74) is 2.60. The molecule has 0 aromatic heterocycles. The van der Waals surface area contributed by atoms with Crippen LogP contribution in [0.25, 0.3) is 0 Å². The summed E-state index contributed by atoms with van der Waals surface area (Å²) >= 11 is 0. The molecule has 0 unspecified atom stereocenters. The maximum Gasteiger partial charge on any atom is 0.194 e. The largest absolute Gasteiger partial charge is 0.504 e. The Balaban J connectivity index is 1.96. The minimum atomic E-state index is -0.427. The fraction of sp³-hybridized carbons (Fsp3) is 0.200. The number of carbonyl (C=O) groups excluding carboxylic acids is 2. The zero-order valence-electron chi connectivity index (χ0n) is 13.7. The molecule has 0 fully saturated rings. The molecular weight excluding hydrogens is 320 g/mol. The van der Waals surface area contributed by atoms with Crippen LogP contribution in [0.15, 0.2) is 42.0 Å². The molecule has 0 spiro atoms. The lowest BCUT2D eigenvalue weighted by molar-refractivity contribution is 0.0978. The number of carbonyl (C=O) groups is 2. The van der Waals surface area contributed by atoms with Gasteiger partial charge in [-0.25, -0.2) is 0 Å². The van der Waals surface area contributed by atoms with E-state index in [-0.39, 0.29) is 29.3 Å². The molecular formula is C20H18O5. The summed E-state index contributed by atoms with van der Waals surface area (Å²) in [4.78, 5) is 25.3. The maximum absolute atomic E-state index is 12.7. The number of aromatic hydroxyl groups is 2. The smallest absolute Gasteiger partial charge is 0.194 e. The van der Waals surface area contributed by atoms with Crippen LogP contribution in [0.4, 0.5) is 0 Å². The highest BCUT2D eigenvalue weighted by atomic mass is 16.3. The molecule has 0 heterocycles. The van der Waals surface area contributed by atoms with Gasteiger partial charge in [0.2, 0.25) is 0 Å². The number of aryl methyl sites for hydroxylation is 1. The van der Waals surface area contributed by atoms with Crippen molar-refractivity contribution in [3.05, 3.63) is 69.8 Å². The second-order valence-corrected chi connectivity index (χ2v) is 6.17. The van der Waals surface area contributed by atoms with Crippen LogP contribution in [0.3, 0.4) is 0 Å². The number of benzene rings is 2. The molecule has 3 N–H and O–H groups in total. The predicted octanol–water partition coefficient (Wildman–Crippen LogP) is 2.74. The van der Waals surface area contributed by atoms with Crippen LogP contribution >= 0.6 is 0 Å². The Morgan fingerprint density at radius 1 is 0.920 bits per heavy atom. The summed E-state index contributed by atoms with van der Waals surface area (Å²) in [6.07, 6.45) is 3.33. The molecule has 5 nitrogen and oxygen atoms in total. The summed E-state index contributed by atoms with van der Waals surface area (Å²) in [6, 6.07) is 7.39. The lowest BCUT2D eigenvalue weighted by atomic mass is 9.82. The lowest BCUT2D eigenvalue weighted by Crippen LogP contribution is -2.21. The van der Waals surface area contributed by atoms with E-state index in [0.29, 0.717) is 17.5 Å². The molecule has 0 aliphatic heterocycles. The van der Waals surface area contributed by atoms with Gasteiger partial charge in [-0.3, -0.25) is 9.59 Å². The fourth-order valence-electron chi connectivity index (χ4n) is 2.93. The van der Waals surface area contributed by atoms with Gasteiger partial charge in [0.05, 0.1) is 6.61 Å². The van der Waals surface area contributed by atoms with Gasteiger partial charge >= 0.3 is 0 Å². The highest BCUT2D eigenvalue weighted by Gasteiger charge is 2.31. The lowest BCUT2D eigenvalue weighted by Gasteiger charge is -2.18. The predicted molar refractivity (Wildman–Crippen MR) is 92.2 cm³/mol. The van der Waals surface area contributed by atoms with Crippen molar-refractivity contribution in [3.63, 3.8) is 0 Å². The van der Waals surface area contributed by atoms with Crippen LogP contribution in [0.2, 0.25) is 0 Å². The van der Waals surface area contributed by atoms with Crippen molar-refractivity contribution in [2.45, 2.75) is 19.8 Å². The van der Waals surface area contributed by atoms with Crippen molar-refractivity contribution in [3.8, 4) is 11.5 Å². The summed E-state index contributed by atoms with van der Waals surface area (Å²) in [5.74, 6) is -1.54. The molecule has 2 aromatic carbocycles. The minimum absolute atomic E-state index is 0.0182. The summed E-state index contributed by atoms with van der Waals surface area (Å²) in [7, 11) is 0. The van der Waals surface area contributed by atoms with Crippen molar-refractivity contribution >= 4 is 11.6 Å². The summed E-state index contributed by atoms with van der Waals surface area (Å²) in [5, 5.41) is 28.2. The minimum Gasteiger partial charge on any atom is -0.504 e. The molecule has 0 radical (unpaired) electrons. The normalized spacial score (nSPS) is 13.6. The maximum atomic E-state index is 12.7. The van der Waals surface area contributed by atoms with Crippen molar-refractivity contribution in [1.82, 2.24) is 0 Å². The van der Waals surface area contributed by atoms with Gasteiger partial charge in [-0.2, -0.15) is 0 Å². The zero-order valence-corrected chi connectivity index (χ0v) is 13.7. The topological polar surface area (TPSA) is 94.8 Å². The second-order valence-electron chi connectivity index (χ2n) is 6.17. The molecule has 0 amide bonds. The SMILES string of the molecule is C/C(=C\CCc1ccc2c(c1)C(=O)c1cc(O)c(O)cc1C2=O)CO. The quantitative estimate of drug-likeness (QED) is 0.502. The van der Waals surface area contributed by atoms with Gasteiger partial charge in [-0.05, 0) is 43.5 Å². The molecule has 0 saturated carbocycles. The van der Waals surface area contributed by atoms with E-state index in [1.165, 1.54) is 0 Å². The summed E-state index contributed by atoms with van der Waals surface area (Å²) < 4.78 is 0. The number of phenols is 2. The third kappa shape index (κ3) is 3.06. The van der Waals surface area contributed by atoms with Gasteiger partial charge in [0.1, 0.15) is 0 Å². The molecule has 0 atom stereocenters. The van der Waals surface area contributed by atoms with E-state index < -0.39 is 11.5 Å². The molecule has 25 heavy (non-hydrogen) atoms. The van der Waals surface area contributed by atoms with E-state index in [9.17, 15) is 19.8 Å². The van der Waals surface area contributed by atoms with Gasteiger partial charge in [-0.1, -0.05) is 23.8 Å². The van der Waals surface area contributed by atoms with E-state index in [1.54, 1.807) is 18.2 Å². The van der Waals surface area contributed by atoms with Crippen molar-refractivity contribution in [2.75, 3.05) is 6.61 Å². The average molecular weight is 338 g/mol. The van der Waals surface area contributed by atoms with Gasteiger partial charge in [0, 0.05) is 22.3 Å². The van der Waals surface area contributed by atoms with E-state index in [1.807, 2.05) is 13.0 Å². The Hall–Kier alpha value is -2.92. The van der Waals surface area contributed by atoms with Gasteiger partial charge < -0.3 is 15.3 Å². The van der Waals surface area contributed by atoms with Gasteiger partial charge in [-0.15, -0.1) is 0 Å². The monoisotopic (exact) mass is 338 g/mol. The number of hydrogen-bond acceptors (Lipinski definition) is 5. The highest BCUT2D eigenvalue weighted by Crippen LogP contribution is 2.35. The molecule has 128 valence electrons. The molecule has 1 aliphatic carbocycles. The van der Waals surface area contributed by atoms with Crippen LogP contribution in [0, 0.1) is 0 Å². The van der Waals surface area contributed by atoms with Crippen molar-refractivity contribution in [1.29, 1.82) is 0 Å². The van der Waals surface area contributed by atoms with Gasteiger partial charge in [0.25, 0.3) is 0 Å². The Morgan fingerprint density at radius 3 is 2.08 bits per heavy atom. The number of fused-ring (bicyclic) bond motifs is 2. The van der Waals surface area contributed by atoms with E-state index in [2.05, 4.69) is 0 Å². The molecule has 3 rings (SSSR count). The number of phenolic OH excluding ortho intramolecular Hbond substituents is 2. The van der Waals surface area contributed by atoms with Crippen molar-refractivity contribution in [2.24, 2.45) is 0 Å². The van der Waals surface area contributed by atoms with E-state index in [4.69, 9.17) is 5.11 Å². The second kappa shape index (κ2) is 6.53. The number of hydrogen-bond donors (Lipinski definition) is 3. The Morgan fingerprint density at radius 2 is 1.48 bits per heavy atom. The first kappa shape index (κ1) is 16.9. The third-order valence-electron chi connectivity index (χ3n) is 4.35.